The molecule has 5 nitrogen and oxygen atoms in total. The van der Waals surface area contributed by atoms with E-state index in [1.54, 1.807) is 25.1 Å². The number of carbonyl (C=O) groups is 1. The lowest BCUT2D eigenvalue weighted by Gasteiger charge is -2.07. The highest BCUT2D eigenvalue weighted by Crippen LogP contribution is 2.31. The van der Waals surface area contributed by atoms with E-state index in [-0.39, 0.29) is 11.7 Å². The minimum absolute atomic E-state index is 0.0548. The summed E-state index contributed by atoms with van der Waals surface area (Å²) in [5, 5.41) is 10.6. The first kappa shape index (κ1) is 16.8. The van der Waals surface area contributed by atoms with Crippen LogP contribution in [0.4, 0.5) is 5.69 Å². The molecule has 0 unspecified atom stereocenters. The summed E-state index contributed by atoms with van der Waals surface area (Å²) in [5.74, 6) is -0.349. The normalized spacial score (nSPS) is 10.3. The summed E-state index contributed by atoms with van der Waals surface area (Å²) in [5.41, 5.74) is 0.577. The molecule has 0 saturated carbocycles. The molecule has 0 aromatic heterocycles. The first-order chi connectivity index (χ1) is 10.5. The molecule has 0 spiro atoms. The number of nitrogens with zero attached hydrogens (tertiary/aromatic N) is 1. The Morgan fingerprint density at radius 3 is 2.45 bits per heavy atom. The molecular weight excluding hydrogens is 417 g/mol. The van der Waals surface area contributed by atoms with Crippen molar-refractivity contribution in [1.29, 1.82) is 0 Å². The molecule has 0 aliphatic carbocycles. The third kappa shape index (κ3) is 4.20. The van der Waals surface area contributed by atoms with Crippen LogP contribution in [0, 0.1) is 13.7 Å². The maximum absolute atomic E-state index is 11.9. The van der Waals surface area contributed by atoms with Gasteiger partial charge in [0.05, 0.1) is 17.1 Å². The van der Waals surface area contributed by atoms with E-state index < -0.39 is 4.92 Å². The number of hydrogen-bond donors (Lipinski definition) is 0. The number of rotatable bonds is 5. The van der Waals surface area contributed by atoms with Gasteiger partial charge in [0.25, 0.3) is 5.69 Å². The van der Waals surface area contributed by atoms with E-state index in [0.717, 1.165) is 13.4 Å². The number of benzene rings is 2. The molecule has 0 atom stereocenters. The summed E-state index contributed by atoms with van der Waals surface area (Å²) >= 11 is 3.52. The van der Waals surface area contributed by atoms with Crippen molar-refractivity contribution in [3.05, 3.63) is 61.7 Å². The van der Waals surface area contributed by atoms with Crippen LogP contribution in [-0.2, 0) is 4.74 Å². The monoisotopic (exact) mass is 429 g/mol. The van der Waals surface area contributed by atoms with Crippen molar-refractivity contribution in [2.45, 2.75) is 16.7 Å². The highest BCUT2D eigenvalue weighted by atomic mass is 127. The van der Waals surface area contributed by atoms with Gasteiger partial charge in [0.2, 0.25) is 0 Å². The minimum Gasteiger partial charge on any atom is -0.462 e. The van der Waals surface area contributed by atoms with Gasteiger partial charge in [0, 0.05) is 25.5 Å². The molecule has 22 heavy (non-hydrogen) atoms. The molecular formula is C15H12INO4S. The second-order valence-corrected chi connectivity index (χ2v) is 6.52. The lowest BCUT2D eigenvalue weighted by Crippen LogP contribution is -2.06. The fourth-order valence-electron chi connectivity index (χ4n) is 1.71. The Hall–Kier alpha value is -1.61. The molecule has 2 aromatic rings. The lowest BCUT2D eigenvalue weighted by atomic mass is 10.2. The number of non-ortho nitro benzene ring substituents is 1. The zero-order valence-electron chi connectivity index (χ0n) is 11.6. The summed E-state index contributed by atoms with van der Waals surface area (Å²) < 4.78 is 5.85. The predicted octanol–water partition coefficient (Wildman–Crippen LogP) is 4.53. The molecule has 0 radical (unpaired) electrons. The van der Waals surface area contributed by atoms with Gasteiger partial charge < -0.3 is 4.74 Å². The SMILES string of the molecule is CCOC(=O)c1cc(Sc2ccc([N+](=O)[O-])cc2)ccc1I. The van der Waals surface area contributed by atoms with Crippen LogP contribution in [0.1, 0.15) is 17.3 Å². The van der Waals surface area contributed by atoms with Crippen LogP contribution in [0.15, 0.2) is 52.3 Å². The number of nitro groups is 1. The van der Waals surface area contributed by atoms with E-state index in [9.17, 15) is 14.9 Å². The van der Waals surface area contributed by atoms with E-state index >= 15 is 0 Å². The largest absolute Gasteiger partial charge is 0.462 e. The number of nitro benzene ring substituents is 1. The number of esters is 1. The number of carbonyl (C=O) groups excluding carboxylic acids is 1. The van der Waals surface area contributed by atoms with Crippen LogP contribution < -0.4 is 0 Å². The Morgan fingerprint density at radius 1 is 1.23 bits per heavy atom. The Kier molecular flexibility index (Phi) is 5.78. The number of hydrogen-bond acceptors (Lipinski definition) is 5. The van der Waals surface area contributed by atoms with Crippen LogP contribution in [-0.4, -0.2) is 17.5 Å². The predicted molar refractivity (Wildman–Crippen MR) is 92.3 cm³/mol. The summed E-state index contributed by atoms with van der Waals surface area (Å²) in [6.07, 6.45) is 0. The van der Waals surface area contributed by atoms with Gasteiger partial charge in [-0.15, -0.1) is 0 Å². The van der Waals surface area contributed by atoms with Gasteiger partial charge in [-0.3, -0.25) is 10.1 Å². The fraction of sp³-hybridized carbons (Fsp3) is 0.133. The van der Waals surface area contributed by atoms with Crippen molar-refractivity contribution < 1.29 is 14.5 Å². The number of halogens is 1. The van der Waals surface area contributed by atoms with Crippen LogP contribution in [0.25, 0.3) is 0 Å². The maximum Gasteiger partial charge on any atom is 0.339 e. The molecule has 0 bridgehead atoms. The van der Waals surface area contributed by atoms with Crippen molar-refractivity contribution in [3.8, 4) is 0 Å². The minimum atomic E-state index is -0.432. The van der Waals surface area contributed by atoms with Crippen molar-refractivity contribution in [2.24, 2.45) is 0 Å². The quantitative estimate of drug-likeness (QED) is 0.303. The molecule has 7 heteroatoms. The van der Waals surface area contributed by atoms with Gasteiger partial charge in [-0.25, -0.2) is 4.79 Å². The average Bonchev–Trinajstić information content (AvgIpc) is 2.50. The van der Waals surface area contributed by atoms with Crippen LogP contribution in [0.5, 0.6) is 0 Å². The summed E-state index contributed by atoms with van der Waals surface area (Å²) in [7, 11) is 0. The third-order valence-electron chi connectivity index (χ3n) is 2.72. The molecule has 0 amide bonds. The second-order valence-electron chi connectivity index (χ2n) is 4.22. The van der Waals surface area contributed by atoms with E-state index in [0.29, 0.717) is 12.2 Å². The van der Waals surface area contributed by atoms with Gasteiger partial charge in [0.1, 0.15) is 0 Å². The molecule has 0 N–H and O–H groups in total. The maximum atomic E-state index is 11.9. The van der Waals surface area contributed by atoms with Gasteiger partial charge in [-0.05, 0) is 59.8 Å². The van der Waals surface area contributed by atoms with Crippen molar-refractivity contribution in [1.82, 2.24) is 0 Å². The Morgan fingerprint density at radius 2 is 1.86 bits per heavy atom. The lowest BCUT2D eigenvalue weighted by molar-refractivity contribution is -0.384. The van der Waals surface area contributed by atoms with Crippen LogP contribution in [0.3, 0.4) is 0 Å². The molecule has 0 saturated heterocycles. The van der Waals surface area contributed by atoms with Crippen LogP contribution in [0.2, 0.25) is 0 Å². The van der Waals surface area contributed by atoms with Gasteiger partial charge >= 0.3 is 5.97 Å². The molecule has 0 aliphatic heterocycles. The first-order valence-corrected chi connectivity index (χ1v) is 8.29. The summed E-state index contributed by atoms with van der Waals surface area (Å²) in [6, 6.07) is 11.8. The summed E-state index contributed by atoms with van der Waals surface area (Å²) in [6.45, 7) is 2.09. The Bertz CT molecular complexity index is 703. The molecule has 0 heterocycles. The molecule has 0 fully saturated rings. The van der Waals surface area contributed by atoms with Crippen LogP contribution >= 0.6 is 34.4 Å². The van der Waals surface area contributed by atoms with Crippen molar-refractivity contribution >= 4 is 46.0 Å². The smallest absolute Gasteiger partial charge is 0.339 e. The molecule has 0 aliphatic rings. The highest BCUT2D eigenvalue weighted by molar-refractivity contribution is 14.1. The average molecular weight is 429 g/mol. The van der Waals surface area contributed by atoms with Crippen molar-refractivity contribution in [3.63, 3.8) is 0 Å². The Labute approximate surface area is 145 Å². The van der Waals surface area contributed by atoms with E-state index in [2.05, 4.69) is 22.6 Å². The molecule has 2 rings (SSSR count). The highest BCUT2D eigenvalue weighted by Gasteiger charge is 2.12. The summed E-state index contributed by atoms with van der Waals surface area (Å²) in [4.78, 5) is 23.8. The topological polar surface area (TPSA) is 69.4 Å². The first-order valence-electron chi connectivity index (χ1n) is 6.40. The third-order valence-corrected chi connectivity index (χ3v) is 4.65. The zero-order valence-corrected chi connectivity index (χ0v) is 14.6. The Balaban J connectivity index is 2.21. The van der Waals surface area contributed by atoms with Crippen molar-refractivity contribution in [2.75, 3.05) is 6.61 Å². The number of ether oxygens (including phenoxy) is 1. The fourth-order valence-corrected chi connectivity index (χ4v) is 3.12. The molecule has 114 valence electrons. The standard InChI is InChI=1S/C15H12INO4S/c1-2-21-15(18)13-9-12(7-8-14(13)16)22-11-5-3-10(4-6-11)17(19)20/h3-9H,2H2,1H3. The zero-order chi connectivity index (χ0) is 16.1. The molecule has 2 aromatic carbocycles. The van der Waals surface area contributed by atoms with Gasteiger partial charge in [0.15, 0.2) is 0 Å². The van der Waals surface area contributed by atoms with Gasteiger partial charge in [-0.1, -0.05) is 11.8 Å². The van der Waals surface area contributed by atoms with E-state index in [1.165, 1.54) is 23.9 Å². The van der Waals surface area contributed by atoms with E-state index in [1.807, 2.05) is 12.1 Å². The van der Waals surface area contributed by atoms with E-state index in [4.69, 9.17) is 4.74 Å². The van der Waals surface area contributed by atoms with Gasteiger partial charge in [-0.2, -0.15) is 0 Å². The second kappa shape index (κ2) is 7.59.